The van der Waals surface area contributed by atoms with Crippen LogP contribution in [0.3, 0.4) is 0 Å². The molecule has 8 heterocycles. The highest BCUT2D eigenvalue weighted by Crippen LogP contribution is 2.40. The van der Waals surface area contributed by atoms with E-state index in [4.69, 9.17) is 15.0 Å². The summed E-state index contributed by atoms with van der Waals surface area (Å²) in [5.41, 5.74) is 35.8. The van der Waals surface area contributed by atoms with Gasteiger partial charge < -0.3 is 24.9 Å². The number of rotatable bonds is 12. The SMILES string of the molecule is CC(C)(C)C1=Nc2cc(C(C)(C)C)ccc2C1.CC(C)C1=Nc2cc(C(C)(C)C)ccc2C1.CC(C)C1=Nc2cc(C(C)(C)C)ccc2C1.CC(C)c1ccc2cc(C(C)C)[nH]c2c1.CC(C)c1ccc2cc(C(C)C)[nH]c2c1.CC(C)c1ccc2cc(C(C)C)[nH]c2c1.CC(C)c1ccc2nc(C(C)C)[nH]c2c1.CC(C)c1ccc2nc(C(C)C)[nH]c2c1. The predicted molar refractivity (Wildman–Crippen MR) is 545 cm³/mol. The Kier molecular flexibility index (Phi) is 32.6. The lowest BCUT2D eigenvalue weighted by Crippen LogP contribution is -2.19. The predicted octanol–water partition coefficient (Wildman–Crippen LogP) is 34.1. The molecule has 13 aromatic rings. The lowest BCUT2D eigenvalue weighted by Gasteiger charge is -2.19. The van der Waals surface area contributed by atoms with Crippen LogP contribution in [-0.2, 0) is 35.5 Å². The van der Waals surface area contributed by atoms with E-state index in [0.29, 0.717) is 71.0 Å². The van der Waals surface area contributed by atoms with Gasteiger partial charge in [-0.15, -0.1) is 0 Å². The van der Waals surface area contributed by atoms with Crippen LogP contribution in [0.4, 0.5) is 17.1 Å². The molecule has 0 fully saturated rings. The van der Waals surface area contributed by atoms with E-state index in [9.17, 15) is 0 Å². The van der Waals surface area contributed by atoms with Crippen molar-refractivity contribution in [2.75, 3.05) is 0 Å². The van der Waals surface area contributed by atoms with Crippen LogP contribution in [0.5, 0.6) is 0 Å². The largest absolute Gasteiger partial charge is 0.358 e. The second-order valence-electron chi connectivity index (χ2n) is 43.2. The van der Waals surface area contributed by atoms with E-state index in [1.54, 1.807) is 0 Å². The summed E-state index contributed by atoms with van der Waals surface area (Å²) in [7, 11) is 0. The van der Waals surface area contributed by atoms with Gasteiger partial charge in [0.25, 0.3) is 0 Å². The van der Waals surface area contributed by atoms with Gasteiger partial charge in [-0.2, -0.15) is 0 Å². The number of nitrogens with one attached hydrogen (secondary N) is 5. The Morgan fingerprint density at radius 2 is 0.500 bits per heavy atom. The molecule has 16 rings (SSSR count). The van der Waals surface area contributed by atoms with Crippen LogP contribution in [0.1, 0.15) is 398 Å². The Labute approximate surface area is 749 Å². The summed E-state index contributed by atoms with van der Waals surface area (Å²) in [6.45, 7) is 79.9. The number of nitrogens with zero attached hydrogens (tertiary/aromatic N) is 5. The maximum Gasteiger partial charge on any atom is 0.109 e. The molecule has 3 aliphatic rings. The van der Waals surface area contributed by atoms with Gasteiger partial charge in [-0.05, 0) is 232 Å². The van der Waals surface area contributed by atoms with Crippen LogP contribution in [-0.4, -0.2) is 52.0 Å². The Balaban J connectivity index is 0.000000161. The number of benzene rings is 8. The van der Waals surface area contributed by atoms with E-state index in [1.165, 1.54) is 145 Å². The highest BCUT2D eigenvalue weighted by atomic mass is 14.9. The third kappa shape index (κ3) is 26.2. The molecular formula is C114H158N10. The van der Waals surface area contributed by atoms with Gasteiger partial charge in [0.2, 0.25) is 0 Å². The number of hydrogen-bond donors (Lipinski definition) is 5. The molecule has 0 saturated heterocycles. The van der Waals surface area contributed by atoms with Crippen LogP contribution in [0.25, 0.3) is 54.8 Å². The van der Waals surface area contributed by atoms with E-state index in [1.807, 2.05) is 0 Å². The first-order valence-electron chi connectivity index (χ1n) is 46.8. The van der Waals surface area contributed by atoms with Crippen molar-refractivity contribution in [2.24, 2.45) is 32.2 Å². The minimum absolute atomic E-state index is 0.181. The average molecular weight is 1670 g/mol. The van der Waals surface area contributed by atoms with Gasteiger partial charge in [0.15, 0.2) is 0 Å². The van der Waals surface area contributed by atoms with Crippen LogP contribution < -0.4 is 0 Å². The number of aliphatic imine (C=N–C) groups is 3. The molecule has 8 aromatic carbocycles. The number of fused-ring (bicyclic) bond motifs is 8. The van der Waals surface area contributed by atoms with Crippen molar-refractivity contribution in [3.8, 4) is 0 Å². The van der Waals surface area contributed by atoms with Crippen LogP contribution in [0, 0.1) is 17.3 Å². The molecule has 5 aromatic heterocycles. The minimum atomic E-state index is 0.181. The van der Waals surface area contributed by atoms with Crippen LogP contribution in [0.15, 0.2) is 179 Å². The molecule has 0 amide bonds. The highest BCUT2D eigenvalue weighted by molar-refractivity contribution is 5.98. The van der Waals surface area contributed by atoms with Gasteiger partial charge in [-0.3, -0.25) is 15.0 Å². The molecule has 3 aliphatic heterocycles. The lowest BCUT2D eigenvalue weighted by atomic mass is 9.85. The molecule has 664 valence electrons. The lowest BCUT2D eigenvalue weighted by molar-refractivity contribution is 0.584. The van der Waals surface area contributed by atoms with E-state index in [-0.39, 0.29) is 21.7 Å². The first-order chi connectivity index (χ1) is 57.8. The van der Waals surface area contributed by atoms with Gasteiger partial charge in [0, 0.05) is 87.3 Å². The second kappa shape index (κ2) is 41.2. The quantitative estimate of drug-likeness (QED) is 0.0831. The average Bonchev–Trinajstić information content (AvgIpc) is 1.68. The van der Waals surface area contributed by atoms with E-state index in [2.05, 4.69) is 448 Å². The van der Waals surface area contributed by atoms with Crippen molar-refractivity contribution >= 4 is 89.0 Å². The second-order valence-corrected chi connectivity index (χ2v) is 43.2. The van der Waals surface area contributed by atoms with E-state index < -0.39 is 0 Å². The van der Waals surface area contributed by atoms with Crippen LogP contribution in [0.2, 0.25) is 0 Å². The normalized spacial score (nSPS) is 13.3. The van der Waals surface area contributed by atoms with Crippen molar-refractivity contribution in [1.29, 1.82) is 0 Å². The van der Waals surface area contributed by atoms with Gasteiger partial charge in [0.1, 0.15) is 11.6 Å². The number of H-pyrrole nitrogens is 5. The van der Waals surface area contributed by atoms with E-state index in [0.717, 1.165) is 53.0 Å². The molecule has 0 saturated carbocycles. The summed E-state index contributed by atoms with van der Waals surface area (Å²) in [4.78, 5) is 40.6. The third-order valence-electron chi connectivity index (χ3n) is 24.3. The molecule has 0 bridgehead atoms. The molecule has 124 heavy (non-hydrogen) atoms. The van der Waals surface area contributed by atoms with Crippen molar-refractivity contribution in [3.05, 3.63) is 254 Å². The summed E-state index contributed by atoms with van der Waals surface area (Å²) < 4.78 is 0. The minimum Gasteiger partial charge on any atom is -0.358 e. The molecule has 0 spiro atoms. The summed E-state index contributed by atoms with van der Waals surface area (Å²) in [5.74, 6) is 8.83. The van der Waals surface area contributed by atoms with Gasteiger partial charge in [0.05, 0.1) is 39.1 Å². The molecule has 5 N–H and O–H groups in total. The molecule has 0 unspecified atom stereocenters. The molecule has 10 heteroatoms. The number of aromatic amines is 5. The van der Waals surface area contributed by atoms with Crippen molar-refractivity contribution in [2.45, 2.75) is 344 Å². The zero-order chi connectivity index (χ0) is 91.7. The number of hydrogen-bond acceptors (Lipinski definition) is 5. The molecule has 0 radical (unpaired) electrons. The zero-order valence-electron chi connectivity index (χ0n) is 83.4. The standard InChI is InChI=1S/C16H23N.2C15H21N.3C14H19N.2C13H18N2/c1-15(2,3)12-8-7-11-9-14(16(4,5)6)17-13(11)10-12;2*1-10(2)13-8-11-6-7-12(15(3,4)5)9-14(11)16-13;3*1-9(2)11-5-6-12-8-13(10(3)4)15-14(12)7-11;2*1-8(2)10-5-6-11-12(7-10)15-13(14-11)9(3)4/h7-8,10H,9H2,1-6H3;2*6-7,9-10H,8H2,1-5H3;3*5-10,15H,1-4H3;2*5-9H,1-4H3,(H,14,15). The number of imidazole rings is 2. The fourth-order valence-corrected chi connectivity index (χ4v) is 15.0. The molecule has 0 aliphatic carbocycles. The van der Waals surface area contributed by atoms with Gasteiger partial charge in [-0.25, -0.2) is 9.97 Å². The third-order valence-corrected chi connectivity index (χ3v) is 24.3. The van der Waals surface area contributed by atoms with E-state index >= 15 is 0 Å². The molecule has 10 nitrogen and oxygen atoms in total. The molecular weight excluding hydrogens is 1510 g/mol. The maximum atomic E-state index is 4.81. The fraction of sp³-hybridized carbons (Fsp3) is 0.482. The Bertz CT molecular complexity index is 5160. The Morgan fingerprint density at radius 1 is 0.234 bits per heavy atom. The topological polar surface area (TPSA) is 142 Å². The van der Waals surface area contributed by atoms with Crippen LogP contribution >= 0.6 is 0 Å². The van der Waals surface area contributed by atoms with Gasteiger partial charge >= 0.3 is 0 Å². The number of aromatic nitrogens is 7. The van der Waals surface area contributed by atoms with Crippen molar-refractivity contribution in [3.63, 3.8) is 0 Å². The maximum absolute atomic E-state index is 4.81. The molecule has 0 atom stereocenters. The summed E-state index contributed by atoms with van der Waals surface area (Å²) in [5, 5.41) is 3.97. The highest BCUT2D eigenvalue weighted by Gasteiger charge is 2.28. The first kappa shape index (κ1) is 98.1. The first-order valence-corrected chi connectivity index (χ1v) is 46.8. The summed E-state index contributed by atoms with van der Waals surface area (Å²) in [6, 6.07) is 60.1. The monoisotopic (exact) mass is 1670 g/mol. The summed E-state index contributed by atoms with van der Waals surface area (Å²) in [6.07, 6.45) is 3.10. The Hall–Kier alpha value is -9.67. The smallest absolute Gasteiger partial charge is 0.109 e. The van der Waals surface area contributed by atoms with Gasteiger partial charge in [-0.1, -0.05) is 334 Å². The zero-order valence-corrected chi connectivity index (χ0v) is 83.4. The Morgan fingerprint density at radius 3 is 0.750 bits per heavy atom. The summed E-state index contributed by atoms with van der Waals surface area (Å²) >= 11 is 0. The fourth-order valence-electron chi connectivity index (χ4n) is 15.0. The van der Waals surface area contributed by atoms with Crippen molar-refractivity contribution < 1.29 is 0 Å². The van der Waals surface area contributed by atoms with Crippen molar-refractivity contribution in [1.82, 2.24) is 34.9 Å².